The van der Waals surface area contributed by atoms with Crippen LogP contribution in [0, 0.1) is 0 Å². The molecule has 0 unspecified atom stereocenters. The molecule has 0 bridgehead atoms. The van der Waals surface area contributed by atoms with E-state index in [1.807, 2.05) is 0 Å². The number of fused-ring (bicyclic) bond motifs is 2. The number of nitrogens with one attached hydrogen (secondary N) is 6. The number of halogens is 2. The molecule has 2 heterocycles. The second-order valence-electron chi connectivity index (χ2n) is 20.5. The van der Waals surface area contributed by atoms with Crippen LogP contribution in [0.3, 0.4) is 0 Å². The first kappa shape index (κ1) is 70.5. The third-order valence-corrected chi connectivity index (χ3v) is 19.1. The molecule has 11 rings (SSSR count). The maximum absolute atomic E-state index is 12.9. The number of nitrogens with zero attached hydrogens (tertiary/aromatic N) is 10. The molecule has 0 aliphatic rings. The van der Waals surface area contributed by atoms with Gasteiger partial charge in [-0.2, -0.15) is 80.4 Å². The van der Waals surface area contributed by atoms with Crippen molar-refractivity contribution in [3.8, 4) is 11.5 Å². The van der Waals surface area contributed by atoms with Gasteiger partial charge < -0.3 is 42.1 Å². The third-order valence-electron chi connectivity index (χ3n) is 13.6. The standard InChI is InChI=1S/C56H40Cl2N16O20S6/c57-51-65-53(69-55(67-51)63-39-25-35(95(77,78)79)19-27-21-43(99(89,90)91)47(49(75)45(27)39)73-71-37-17-15-33(23-41(37)97(83,84)85)59-29-7-3-1-4-8-29)61-31-11-13-32(14-12-31)62-54-66-52(58)68-56(70-54)64-40-26-36(96(80,81)82)20-28-22-44(100(92,93)94)48(50(76)46(28)40)74-72-38-18-16-34(24-42(38)98(86,87)88)60-30-9-5-2-6-10-30/h1-26,59-60,75-76H,(H,77,78,79)(H,80,81,82)(H,83,84,85)(H,86,87,88)(H,89,90,91)(H,92,93,94)(H2,61,63,65,67,69)(H2,62,64,66,68,70). The molecule has 100 heavy (non-hydrogen) atoms. The van der Waals surface area contributed by atoms with Crippen LogP contribution >= 0.6 is 23.2 Å². The molecular formula is C56H40Cl2N16O20S6. The molecule has 514 valence electrons. The highest BCUT2D eigenvalue weighted by Gasteiger charge is 2.30. The van der Waals surface area contributed by atoms with E-state index in [-0.39, 0.29) is 34.6 Å². The van der Waals surface area contributed by atoms with Gasteiger partial charge in [-0.15, -0.1) is 20.5 Å². The van der Waals surface area contributed by atoms with Crippen molar-refractivity contribution in [3.63, 3.8) is 0 Å². The molecule has 0 saturated heterocycles. The van der Waals surface area contributed by atoms with Crippen LogP contribution in [0.4, 0.5) is 92.0 Å². The van der Waals surface area contributed by atoms with E-state index in [1.54, 1.807) is 60.7 Å². The Hall–Kier alpha value is -10.8. The molecule has 44 heteroatoms. The Labute approximate surface area is 573 Å². The van der Waals surface area contributed by atoms with Gasteiger partial charge in [-0.05, 0) is 155 Å². The van der Waals surface area contributed by atoms with E-state index in [1.165, 1.54) is 36.4 Å². The molecule has 14 N–H and O–H groups in total. The minimum Gasteiger partial charge on any atom is -0.505 e. The topological polar surface area (TPSA) is 566 Å². The van der Waals surface area contributed by atoms with Gasteiger partial charge in [-0.3, -0.25) is 27.3 Å². The van der Waals surface area contributed by atoms with Crippen molar-refractivity contribution in [2.24, 2.45) is 20.5 Å². The van der Waals surface area contributed by atoms with Crippen LogP contribution in [-0.4, -0.2) is 118 Å². The quantitative estimate of drug-likeness (QED) is 0.0221. The highest BCUT2D eigenvalue weighted by atomic mass is 35.5. The summed E-state index contributed by atoms with van der Waals surface area (Å²) in [6.45, 7) is 0. The first-order valence-electron chi connectivity index (χ1n) is 27.2. The maximum Gasteiger partial charge on any atom is 0.296 e. The number of para-hydroxylation sites is 2. The highest BCUT2D eigenvalue weighted by Crippen LogP contribution is 2.48. The average molecular weight is 1520 g/mol. The van der Waals surface area contributed by atoms with Crippen molar-refractivity contribution in [1.29, 1.82) is 0 Å². The molecule has 0 spiro atoms. The van der Waals surface area contributed by atoms with E-state index in [2.05, 4.69) is 82.3 Å². The molecule has 2 aromatic heterocycles. The predicted octanol–water partition coefficient (Wildman–Crippen LogP) is 11.9. The van der Waals surface area contributed by atoms with Gasteiger partial charge in [0.15, 0.2) is 11.5 Å². The lowest BCUT2D eigenvalue weighted by Crippen LogP contribution is -2.07. The monoisotopic (exact) mass is 1520 g/mol. The Kier molecular flexibility index (Phi) is 19.1. The van der Waals surface area contributed by atoms with Crippen LogP contribution in [0.2, 0.25) is 10.6 Å². The zero-order valence-corrected chi connectivity index (χ0v) is 55.6. The lowest BCUT2D eigenvalue weighted by atomic mass is 10.1. The van der Waals surface area contributed by atoms with Gasteiger partial charge in [-0.25, -0.2) is 0 Å². The molecule has 0 aliphatic carbocycles. The maximum atomic E-state index is 12.9. The number of hydrogen-bond donors (Lipinski definition) is 14. The van der Waals surface area contributed by atoms with Crippen LogP contribution in [0.15, 0.2) is 208 Å². The number of benzene rings is 9. The number of rotatable bonds is 22. The first-order valence-corrected chi connectivity index (χ1v) is 36.6. The first-order chi connectivity index (χ1) is 46.9. The van der Waals surface area contributed by atoms with Crippen molar-refractivity contribution in [1.82, 2.24) is 29.9 Å². The van der Waals surface area contributed by atoms with Gasteiger partial charge in [0.05, 0.1) is 21.2 Å². The second-order valence-corrected chi connectivity index (χ2v) is 29.5. The summed E-state index contributed by atoms with van der Waals surface area (Å²) in [6.07, 6.45) is 0. The molecule has 0 fully saturated rings. The summed E-state index contributed by atoms with van der Waals surface area (Å²) < 4.78 is 214. The van der Waals surface area contributed by atoms with Crippen LogP contribution in [0.25, 0.3) is 21.5 Å². The van der Waals surface area contributed by atoms with Crippen molar-refractivity contribution in [2.45, 2.75) is 29.4 Å². The lowest BCUT2D eigenvalue weighted by molar-refractivity contribution is 0.471. The van der Waals surface area contributed by atoms with Crippen molar-refractivity contribution >= 4 is 197 Å². The minimum absolute atomic E-state index is 0.138. The molecule has 0 saturated carbocycles. The average Bonchev–Trinajstić information content (AvgIpc) is 0.753. The zero-order chi connectivity index (χ0) is 72.0. The summed E-state index contributed by atoms with van der Waals surface area (Å²) in [5.74, 6) is -3.97. The third kappa shape index (κ3) is 16.3. The van der Waals surface area contributed by atoms with E-state index in [9.17, 15) is 88.0 Å². The zero-order valence-electron chi connectivity index (χ0n) is 49.2. The smallest absolute Gasteiger partial charge is 0.296 e. The number of aromatic hydroxyl groups is 2. The Bertz CT molecular complexity index is 5620. The van der Waals surface area contributed by atoms with Gasteiger partial charge in [-0.1, -0.05) is 36.4 Å². The summed E-state index contributed by atoms with van der Waals surface area (Å²) in [5.41, 5.74) is -2.57. The minimum atomic E-state index is -5.43. The number of azo groups is 2. The van der Waals surface area contributed by atoms with E-state index in [4.69, 9.17) is 23.2 Å². The number of aromatic nitrogens is 6. The Morgan fingerprint density at radius 2 is 0.620 bits per heavy atom. The van der Waals surface area contributed by atoms with E-state index in [0.29, 0.717) is 35.6 Å². The van der Waals surface area contributed by atoms with Crippen LogP contribution in [-0.2, 0) is 60.7 Å². The Morgan fingerprint density at radius 3 is 0.940 bits per heavy atom. The summed E-state index contributed by atoms with van der Waals surface area (Å²) in [6, 6.07) is 33.4. The fourth-order valence-corrected chi connectivity index (χ4v) is 13.4. The fourth-order valence-electron chi connectivity index (χ4n) is 9.41. The van der Waals surface area contributed by atoms with Crippen molar-refractivity contribution in [2.75, 3.05) is 31.9 Å². The predicted molar refractivity (Wildman–Crippen MR) is 360 cm³/mol. The van der Waals surface area contributed by atoms with Crippen molar-refractivity contribution < 1.29 is 88.0 Å². The molecule has 0 radical (unpaired) electrons. The van der Waals surface area contributed by atoms with Crippen LogP contribution < -0.4 is 31.9 Å². The molecule has 0 aliphatic heterocycles. The summed E-state index contributed by atoms with van der Waals surface area (Å²) in [5, 5.41) is 52.4. The number of anilines is 12. The molecule has 0 atom stereocenters. The number of phenolic OH excluding ortho intramolecular Hbond substituents is 2. The number of hydrogen-bond acceptors (Lipinski definition) is 30. The lowest BCUT2D eigenvalue weighted by Gasteiger charge is -2.15. The van der Waals surface area contributed by atoms with Gasteiger partial charge in [0.25, 0.3) is 60.7 Å². The summed E-state index contributed by atoms with van der Waals surface area (Å²) in [7, 11) is -31.4. The summed E-state index contributed by atoms with van der Waals surface area (Å²) in [4.78, 5) is 18.6. The Balaban J connectivity index is 0.872. The van der Waals surface area contributed by atoms with Crippen molar-refractivity contribution in [3.05, 3.63) is 168 Å². The van der Waals surface area contributed by atoms with Gasteiger partial charge in [0, 0.05) is 44.9 Å². The second kappa shape index (κ2) is 27.1. The highest BCUT2D eigenvalue weighted by molar-refractivity contribution is 7.87. The van der Waals surface area contributed by atoms with Crippen LogP contribution in [0.5, 0.6) is 11.5 Å². The molecule has 11 aromatic rings. The molecule has 0 amide bonds. The fraction of sp³-hybridized carbons (Fsp3) is 0. The van der Waals surface area contributed by atoms with E-state index >= 15 is 0 Å². The molecule has 36 nitrogen and oxygen atoms in total. The Morgan fingerprint density at radius 1 is 0.310 bits per heavy atom. The molecule has 9 aromatic carbocycles. The van der Waals surface area contributed by atoms with Crippen LogP contribution in [0.1, 0.15) is 0 Å². The van der Waals surface area contributed by atoms with Gasteiger partial charge >= 0.3 is 0 Å². The number of phenols is 2. The van der Waals surface area contributed by atoms with Gasteiger partial charge in [0.2, 0.25) is 34.4 Å². The normalized spacial score (nSPS) is 12.5. The van der Waals surface area contributed by atoms with E-state index < -0.39 is 180 Å². The van der Waals surface area contributed by atoms with E-state index in [0.717, 1.165) is 36.4 Å². The SMILES string of the molecule is O=S(=O)(O)c1cc(Nc2nc(Cl)nc(Nc3ccc(Nc4nc(Cl)nc(Nc5cc(S(=O)(=O)O)cc6cc(S(=O)(=O)O)c(N=Nc7ccc(Nc8ccccc8)cc7S(=O)(=O)O)c(O)c56)n4)cc3)n2)c2c(O)c(N=Nc3ccc(Nc4ccccc4)cc3S(=O)(=O)O)c(S(=O)(=O)O)cc2c1. The van der Waals surface area contributed by atoms with Gasteiger partial charge in [0.1, 0.15) is 42.3 Å². The largest absolute Gasteiger partial charge is 0.505 e. The molecular weight excluding hydrogens is 1480 g/mol. The summed E-state index contributed by atoms with van der Waals surface area (Å²) >= 11 is 12.6.